The first-order chi connectivity index (χ1) is 9.31. The van der Waals surface area contributed by atoms with Gasteiger partial charge in [-0.1, -0.05) is 26.1 Å². The first-order valence-corrected chi connectivity index (χ1v) is 6.53. The van der Waals surface area contributed by atoms with Gasteiger partial charge in [-0.3, -0.25) is 4.79 Å². The maximum atomic E-state index is 12.1. The Bertz CT molecular complexity index is 515. The molecule has 1 amide bonds. The van der Waals surface area contributed by atoms with Crippen LogP contribution in [0.15, 0.2) is 18.2 Å². The Morgan fingerprint density at radius 3 is 2.40 bits per heavy atom. The van der Waals surface area contributed by atoms with Gasteiger partial charge in [-0.25, -0.2) is 0 Å². The SMILES string of the molecule is COc1ccc(C(=O)NCC(C)(C)C(N)=S)cc1OC. The average molecular weight is 296 g/mol. The third-order valence-electron chi connectivity index (χ3n) is 3.00. The lowest BCUT2D eigenvalue weighted by Gasteiger charge is -2.23. The normalized spacial score (nSPS) is 10.8. The van der Waals surface area contributed by atoms with Crippen LogP contribution in [-0.4, -0.2) is 31.7 Å². The highest BCUT2D eigenvalue weighted by Crippen LogP contribution is 2.27. The number of methoxy groups -OCH3 is 2. The molecule has 0 aliphatic rings. The summed E-state index contributed by atoms with van der Waals surface area (Å²) in [6, 6.07) is 4.98. The lowest BCUT2D eigenvalue weighted by molar-refractivity contribution is 0.0944. The van der Waals surface area contributed by atoms with E-state index in [0.29, 0.717) is 28.6 Å². The smallest absolute Gasteiger partial charge is 0.251 e. The molecule has 1 aromatic rings. The summed E-state index contributed by atoms with van der Waals surface area (Å²) in [5.41, 5.74) is 5.68. The van der Waals surface area contributed by atoms with Gasteiger partial charge in [-0.15, -0.1) is 0 Å². The largest absolute Gasteiger partial charge is 0.493 e. The van der Waals surface area contributed by atoms with E-state index in [1.54, 1.807) is 25.3 Å². The van der Waals surface area contributed by atoms with Gasteiger partial charge in [0.05, 0.1) is 19.2 Å². The van der Waals surface area contributed by atoms with Gasteiger partial charge < -0.3 is 20.5 Å². The van der Waals surface area contributed by atoms with Crippen LogP contribution in [0.25, 0.3) is 0 Å². The molecular formula is C14H20N2O3S. The number of hydrogen-bond donors (Lipinski definition) is 2. The molecule has 20 heavy (non-hydrogen) atoms. The molecule has 0 saturated carbocycles. The molecule has 110 valence electrons. The van der Waals surface area contributed by atoms with E-state index in [9.17, 15) is 4.79 Å². The lowest BCUT2D eigenvalue weighted by atomic mass is 9.93. The van der Waals surface area contributed by atoms with E-state index in [4.69, 9.17) is 27.4 Å². The maximum absolute atomic E-state index is 12.1. The second-order valence-corrected chi connectivity index (χ2v) is 5.44. The molecule has 0 aliphatic carbocycles. The number of ether oxygens (including phenoxy) is 2. The van der Waals surface area contributed by atoms with Crippen LogP contribution in [0.1, 0.15) is 24.2 Å². The lowest BCUT2D eigenvalue weighted by Crippen LogP contribution is -2.41. The van der Waals surface area contributed by atoms with E-state index in [1.807, 2.05) is 13.8 Å². The topological polar surface area (TPSA) is 73.6 Å². The molecule has 3 N–H and O–H groups in total. The number of hydrogen-bond acceptors (Lipinski definition) is 4. The first-order valence-electron chi connectivity index (χ1n) is 6.12. The number of thiocarbonyl (C=S) groups is 1. The van der Waals surface area contributed by atoms with E-state index in [0.717, 1.165) is 0 Å². The number of rotatable bonds is 6. The van der Waals surface area contributed by atoms with Crippen molar-refractivity contribution in [2.45, 2.75) is 13.8 Å². The van der Waals surface area contributed by atoms with Crippen LogP contribution in [-0.2, 0) is 0 Å². The number of nitrogens with one attached hydrogen (secondary N) is 1. The summed E-state index contributed by atoms with van der Waals surface area (Å²) >= 11 is 4.96. The van der Waals surface area contributed by atoms with Gasteiger partial charge in [0.25, 0.3) is 5.91 Å². The Kier molecular flexibility index (Phi) is 5.33. The Labute approximate surface area is 124 Å². The summed E-state index contributed by atoms with van der Waals surface area (Å²) in [7, 11) is 3.07. The Hall–Kier alpha value is -1.82. The van der Waals surface area contributed by atoms with Crippen molar-refractivity contribution in [2.24, 2.45) is 11.1 Å². The molecule has 0 heterocycles. The number of benzene rings is 1. The van der Waals surface area contributed by atoms with Crippen molar-refractivity contribution in [3.8, 4) is 11.5 Å². The van der Waals surface area contributed by atoms with Crippen LogP contribution >= 0.6 is 12.2 Å². The predicted octanol–water partition coefficient (Wildman–Crippen LogP) is 1.75. The van der Waals surface area contributed by atoms with Gasteiger partial charge in [0.2, 0.25) is 0 Å². The van der Waals surface area contributed by atoms with Crippen LogP contribution in [0.4, 0.5) is 0 Å². The number of amides is 1. The average Bonchev–Trinajstić information content (AvgIpc) is 2.43. The molecule has 1 rings (SSSR count). The summed E-state index contributed by atoms with van der Waals surface area (Å²) in [6.07, 6.45) is 0. The number of carbonyl (C=O) groups is 1. The van der Waals surface area contributed by atoms with Gasteiger partial charge in [0, 0.05) is 17.5 Å². The van der Waals surface area contributed by atoms with E-state index in [1.165, 1.54) is 7.11 Å². The van der Waals surface area contributed by atoms with E-state index in [2.05, 4.69) is 5.32 Å². The quantitative estimate of drug-likeness (QED) is 0.782. The summed E-state index contributed by atoms with van der Waals surface area (Å²) in [5.74, 6) is 0.872. The van der Waals surface area contributed by atoms with Crippen LogP contribution in [0.2, 0.25) is 0 Å². The molecule has 5 nitrogen and oxygen atoms in total. The zero-order valence-corrected chi connectivity index (χ0v) is 13.0. The summed E-state index contributed by atoms with van der Waals surface area (Å²) in [5, 5.41) is 2.81. The van der Waals surface area contributed by atoms with E-state index in [-0.39, 0.29) is 5.91 Å². The molecule has 0 bridgehead atoms. The summed E-state index contributed by atoms with van der Waals surface area (Å²) < 4.78 is 10.3. The molecule has 0 spiro atoms. The molecule has 0 saturated heterocycles. The van der Waals surface area contributed by atoms with Crippen LogP contribution in [0.5, 0.6) is 11.5 Å². The Morgan fingerprint density at radius 2 is 1.90 bits per heavy atom. The van der Waals surface area contributed by atoms with Crippen molar-refractivity contribution in [1.82, 2.24) is 5.32 Å². The van der Waals surface area contributed by atoms with Crippen molar-refractivity contribution in [2.75, 3.05) is 20.8 Å². The Balaban J connectivity index is 2.81. The molecule has 0 radical (unpaired) electrons. The highest BCUT2D eigenvalue weighted by atomic mass is 32.1. The highest BCUT2D eigenvalue weighted by molar-refractivity contribution is 7.80. The Morgan fingerprint density at radius 1 is 1.30 bits per heavy atom. The molecule has 0 fully saturated rings. The molecule has 1 aromatic carbocycles. The summed E-state index contributed by atoms with van der Waals surface area (Å²) in [4.78, 5) is 12.5. The second kappa shape index (κ2) is 6.56. The standard InChI is InChI=1S/C14H20N2O3S/c1-14(2,13(15)20)8-16-12(17)9-5-6-10(18-3)11(7-9)19-4/h5-7H,8H2,1-4H3,(H2,15,20)(H,16,17). The highest BCUT2D eigenvalue weighted by Gasteiger charge is 2.22. The molecule has 0 aromatic heterocycles. The van der Waals surface area contributed by atoms with Crippen molar-refractivity contribution in [3.05, 3.63) is 23.8 Å². The third-order valence-corrected chi connectivity index (χ3v) is 3.56. The maximum Gasteiger partial charge on any atom is 0.251 e. The number of nitrogens with two attached hydrogens (primary N) is 1. The fraction of sp³-hybridized carbons (Fsp3) is 0.429. The second-order valence-electron chi connectivity index (χ2n) is 5.00. The van der Waals surface area contributed by atoms with Crippen LogP contribution in [0.3, 0.4) is 0 Å². The van der Waals surface area contributed by atoms with Gasteiger partial charge in [-0.05, 0) is 18.2 Å². The molecular weight excluding hydrogens is 276 g/mol. The molecule has 6 heteroatoms. The zero-order chi connectivity index (χ0) is 15.3. The zero-order valence-electron chi connectivity index (χ0n) is 12.1. The fourth-order valence-electron chi connectivity index (χ4n) is 1.47. The van der Waals surface area contributed by atoms with Crippen molar-refractivity contribution in [1.29, 1.82) is 0 Å². The van der Waals surface area contributed by atoms with Crippen molar-refractivity contribution < 1.29 is 14.3 Å². The third kappa shape index (κ3) is 3.84. The van der Waals surface area contributed by atoms with Gasteiger partial charge in [-0.2, -0.15) is 0 Å². The number of carbonyl (C=O) groups excluding carboxylic acids is 1. The van der Waals surface area contributed by atoms with Crippen molar-refractivity contribution >= 4 is 23.1 Å². The van der Waals surface area contributed by atoms with Gasteiger partial charge >= 0.3 is 0 Å². The minimum atomic E-state index is -0.429. The van der Waals surface area contributed by atoms with Gasteiger partial charge in [0.1, 0.15) is 0 Å². The van der Waals surface area contributed by atoms with E-state index < -0.39 is 5.41 Å². The summed E-state index contributed by atoms with van der Waals surface area (Å²) in [6.45, 7) is 4.13. The predicted molar refractivity (Wildman–Crippen MR) is 82.4 cm³/mol. The molecule has 0 aliphatic heterocycles. The monoisotopic (exact) mass is 296 g/mol. The fourth-order valence-corrected chi connectivity index (χ4v) is 1.54. The van der Waals surface area contributed by atoms with Crippen LogP contribution in [0, 0.1) is 5.41 Å². The van der Waals surface area contributed by atoms with Gasteiger partial charge in [0.15, 0.2) is 11.5 Å². The van der Waals surface area contributed by atoms with Crippen molar-refractivity contribution in [3.63, 3.8) is 0 Å². The first kappa shape index (κ1) is 16.2. The molecule has 0 unspecified atom stereocenters. The van der Waals surface area contributed by atoms with E-state index >= 15 is 0 Å². The minimum absolute atomic E-state index is 0.213. The van der Waals surface area contributed by atoms with Crippen LogP contribution < -0.4 is 20.5 Å². The minimum Gasteiger partial charge on any atom is -0.493 e. The molecule has 0 atom stereocenters.